The summed E-state index contributed by atoms with van der Waals surface area (Å²) in [4.78, 5) is 15.5. The second-order valence-corrected chi connectivity index (χ2v) is 7.79. The van der Waals surface area contributed by atoms with E-state index >= 15 is 0 Å². The van der Waals surface area contributed by atoms with Gasteiger partial charge < -0.3 is 0 Å². The van der Waals surface area contributed by atoms with Gasteiger partial charge in [0.2, 0.25) is 0 Å². The molecule has 3 heterocycles. The van der Waals surface area contributed by atoms with Crippen molar-refractivity contribution in [1.82, 2.24) is 4.90 Å². The third kappa shape index (κ3) is 2.32. The molecule has 22 heavy (non-hydrogen) atoms. The van der Waals surface area contributed by atoms with Crippen molar-refractivity contribution in [3.63, 3.8) is 0 Å². The number of carbonyl (C=O) groups excluding carboxylic acids is 1. The zero-order valence-corrected chi connectivity index (χ0v) is 14.4. The molecule has 0 spiro atoms. The van der Waals surface area contributed by atoms with Crippen molar-refractivity contribution < 1.29 is 4.79 Å². The third-order valence-electron chi connectivity index (χ3n) is 6.21. The van der Waals surface area contributed by atoms with Crippen LogP contribution in [0, 0.1) is 17.8 Å². The molecule has 120 valence electrons. The first-order valence-corrected chi connectivity index (χ1v) is 8.81. The van der Waals surface area contributed by atoms with Crippen molar-refractivity contribution in [3.05, 3.63) is 35.9 Å². The highest BCUT2D eigenvalue weighted by atomic mass is 16.1. The van der Waals surface area contributed by atoms with E-state index in [0.29, 0.717) is 17.6 Å². The number of carbonyl (C=O) groups is 1. The Morgan fingerprint density at radius 1 is 1.14 bits per heavy atom. The molecule has 2 bridgehead atoms. The summed E-state index contributed by atoms with van der Waals surface area (Å²) in [7, 11) is 0. The number of fused-ring (bicyclic) bond motifs is 3. The van der Waals surface area contributed by atoms with Crippen LogP contribution in [-0.2, 0) is 11.2 Å². The predicted octanol–water partition coefficient (Wildman–Crippen LogP) is 3.94. The smallest absolute Gasteiger partial charge is 0.153 e. The molecule has 0 saturated carbocycles. The van der Waals surface area contributed by atoms with E-state index < -0.39 is 0 Å². The van der Waals surface area contributed by atoms with Crippen molar-refractivity contribution in [1.29, 1.82) is 0 Å². The van der Waals surface area contributed by atoms with Crippen LogP contribution in [0.25, 0.3) is 0 Å². The van der Waals surface area contributed by atoms with E-state index in [-0.39, 0.29) is 17.5 Å². The van der Waals surface area contributed by atoms with Crippen molar-refractivity contribution in [2.24, 2.45) is 17.8 Å². The minimum Gasteiger partial charge on any atom is -0.298 e. The number of hydrogen-bond donors (Lipinski definition) is 0. The van der Waals surface area contributed by atoms with E-state index in [2.05, 4.69) is 56.9 Å². The standard InChI is InChI=1S/C20H29NO/c1-14(2)20(15(3)4)13-17-10-11-21(20)18(19(17)22)12-16-8-6-5-7-9-16/h5-9,14-15,17-18H,10-13H2,1-4H3. The molecule has 3 atom stereocenters. The first-order valence-electron chi connectivity index (χ1n) is 8.81. The summed E-state index contributed by atoms with van der Waals surface area (Å²) in [5.41, 5.74) is 1.48. The van der Waals surface area contributed by atoms with Crippen molar-refractivity contribution >= 4 is 5.78 Å². The Labute approximate surface area is 134 Å². The highest BCUT2D eigenvalue weighted by Gasteiger charge is 2.56. The van der Waals surface area contributed by atoms with E-state index in [0.717, 1.165) is 25.8 Å². The summed E-state index contributed by atoms with van der Waals surface area (Å²) >= 11 is 0. The van der Waals surface area contributed by atoms with Crippen LogP contribution in [0.2, 0.25) is 0 Å². The monoisotopic (exact) mass is 299 g/mol. The minimum atomic E-state index is 0.0831. The molecule has 0 radical (unpaired) electrons. The summed E-state index contributed by atoms with van der Waals surface area (Å²) in [6.45, 7) is 10.4. The van der Waals surface area contributed by atoms with Gasteiger partial charge in [-0.15, -0.1) is 0 Å². The molecule has 3 unspecified atom stereocenters. The fraction of sp³-hybridized carbons (Fsp3) is 0.650. The summed E-state index contributed by atoms with van der Waals surface area (Å²) in [5.74, 6) is 1.94. The molecule has 0 amide bonds. The molecule has 0 N–H and O–H groups in total. The summed E-state index contributed by atoms with van der Waals surface area (Å²) < 4.78 is 0. The van der Waals surface area contributed by atoms with Gasteiger partial charge in [-0.25, -0.2) is 0 Å². The van der Waals surface area contributed by atoms with Gasteiger partial charge in [0.1, 0.15) is 0 Å². The maximum atomic E-state index is 12.9. The molecule has 1 aromatic rings. The second-order valence-electron chi connectivity index (χ2n) is 7.79. The average Bonchev–Trinajstić information content (AvgIpc) is 2.51. The zero-order chi connectivity index (χ0) is 15.9. The Kier molecular flexibility index (Phi) is 4.15. The van der Waals surface area contributed by atoms with Crippen LogP contribution in [0.5, 0.6) is 0 Å². The lowest BCUT2D eigenvalue weighted by molar-refractivity contribution is -0.160. The van der Waals surface area contributed by atoms with Crippen molar-refractivity contribution in [3.8, 4) is 0 Å². The van der Waals surface area contributed by atoms with Crippen LogP contribution in [-0.4, -0.2) is 28.8 Å². The highest BCUT2D eigenvalue weighted by molar-refractivity contribution is 5.88. The summed E-state index contributed by atoms with van der Waals surface area (Å²) in [5, 5.41) is 0. The Balaban J connectivity index is 1.94. The van der Waals surface area contributed by atoms with Crippen LogP contribution in [0.3, 0.4) is 0 Å². The van der Waals surface area contributed by atoms with Crippen LogP contribution < -0.4 is 0 Å². The number of hydrogen-bond acceptors (Lipinski definition) is 2. The molecule has 4 rings (SSSR count). The molecular weight excluding hydrogens is 270 g/mol. The Morgan fingerprint density at radius 2 is 1.77 bits per heavy atom. The van der Waals surface area contributed by atoms with E-state index in [1.807, 2.05) is 6.07 Å². The second kappa shape index (κ2) is 5.81. The van der Waals surface area contributed by atoms with Gasteiger partial charge in [-0.3, -0.25) is 9.69 Å². The number of benzene rings is 1. The first-order chi connectivity index (χ1) is 10.5. The van der Waals surface area contributed by atoms with Gasteiger partial charge in [0, 0.05) is 18.0 Å². The zero-order valence-electron chi connectivity index (χ0n) is 14.4. The normalized spacial score (nSPS) is 30.3. The third-order valence-corrected chi connectivity index (χ3v) is 6.21. The SMILES string of the molecule is CC(C)C1(C(C)C)CC2CCN1C(Cc1ccccc1)C2=O. The Bertz CT molecular complexity index is 526. The molecule has 2 heteroatoms. The Hall–Kier alpha value is -1.15. The number of nitrogens with zero attached hydrogens (tertiary/aromatic N) is 1. The molecule has 3 aliphatic heterocycles. The first kappa shape index (κ1) is 15.7. The fourth-order valence-corrected chi connectivity index (χ4v) is 5.08. The van der Waals surface area contributed by atoms with Gasteiger partial charge in [0.05, 0.1) is 6.04 Å². The van der Waals surface area contributed by atoms with E-state index in [1.165, 1.54) is 5.56 Å². The predicted molar refractivity (Wildman–Crippen MR) is 90.8 cm³/mol. The van der Waals surface area contributed by atoms with Gasteiger partial charge in [0.25, 0.3) is 0 Å². The van der Waals surface area contributed by atoms with Gasteiger partial charge in [-0.1, -0.05) is 58.0 Å². The van der Waals surface area contributed by atoms with Gasteiger partial charge in [-0.05, 0) is 36.7 Å². The summed E-state index contributed by atoms with van der Waals surface area (Å²) in [6, 6.07) is 10.6. The van der Waals surface area contributed by atoms with Gasteiger partial charge in [0.15, 0.2) is 5.78 Å². The molecule has 1 aromatic carbocycles. The number of piperidine rings is 3. The van der Waals surface area contributed by atoms with Gasteiger partial charge >= 0.3 is 0 Å². The van der Waals surface area contributed by atoms with Crippen LogP contribution >= 0.6 is 0 Å². The number of ketones is 1. The lowest BCUT2D eigenvalue weighted by Gasteiger charge is -2.61. The van der Waals surface area contributed by atoms with Crippen molar-refractivity contribution in [2.45, 2.75) is 58.5 Å². The van der Waals surface area contributed by atoms with E-state index in [4.69, 9.17) is 0 Å². The van der Waals surface area contributed by atoms with E-state index in [1.54, 1.807) is 0 Å². The molecule has 3 aliphatic rings. The van der Waals surface area contributed by atoms with Crippen LogP contribution in [0.1, 0.15) is 46.1 Å². The van der Waals surface area contributed by atoms with E-state index in [9.17, 15) is 4.79 Å². The lowest BCUT2D eigenvalue weighted by atomic mass is 9.61. The molecule has 0 aliphatic carbocycles. The maximum absolute atomic E-state index is 12.9. The number of rotatable bonds is 4. The van der Waals surface area contributed by atoms with Crippen molar-refractivity contribution in [2.75, 3.05) is 6.54 Å². The lowest BCUT2D eigenvalue weighted by Crippen LogP contribution is -2.71. The molecule has 0 aromatic heterocycles. The fourth-order valence-electron chi connectivity index (χ4n) is 5.08. The van der Waals surface area contributed by atoms with Gasteiger partial charge in [-0.2, -0.15) is 0 Å². The maximum Gasteiger partial charge on any atom is 0.153 e. The number of Topliss-reactive ketones (excluding diaryl/α,β-unsaturated/α-hetero) is 1. The highest BCUT2D eigenvalue weighted by Crippen LogP contribution is 2.49. The average molecular weight is 299 g/mol. The summed E-state index contributed by atoms with van der Waals surface area (Å²) in [6.07, 6.45) is 3.00. The quantitative estimate of drug-likeness (QED) is 0.839. The molecular formula is C20H29NO. The minimum absolute atomic E-state index is 0.0831. The van der Waals surface area contributed by atoms with Crippen LogP contribution in [0.4, 0.5) is 0 Å². The Morgan fingerprint density at radius 3 is 2.36 bits per heavy atom. The topological polar surface area (TPSA) is 20.3 Å². The molecule has 3 fully saturated rings. The van der Waals surface area contributed by atoms with Crippen LogP contribution in [0.15, 0.2) is 30.3 Å². The largest absolute Gasteiger partial charge is 0.298 e. The molecule has 3 saturated heterocycles. The molecule has 2 nitrogen and oxygen atoms in total.